The largest absolute Gasteiger partial charge is 0.523 e. The van der Waals surface area contributed by atoms with Gasteiger partial charge in [-0.05, 0) is 28.8 Å². The summed E-state index contributed by atoms with van der Waals surface area (Å²) in [6.07, 6.45) is 0.581. The van der Waals surface area contributed by atoms with Gasteiger partial charge in [0.05, 0.1) is 13.7 Å². The number of ether oxygens (including phenoxy) is 1. The molecule has 1 aliphatic heterocycles. The van der Waals surface area contributed by atoms with E-state index in [-0.39, 0.29) is 17.7 Å². The van der Waals surface area contributed by atoms with E-state index in [0.29, 0.717) is 11.3 Å². The number of rotatable bonds is 7. The lowest BCUT2D eigenvalue weighted by Crippen LogP contribution is -2.29. The highest BCUT2D eigenvalue weighted by atomic mass is 32.2. The van der Waals surface area contributed by atoms with Crippen molar-refractivity contribution < 1.29 is 40.1 Å². The molecule has 1 atom stereocenters. The summed E-state index contributed by atoms with van der Waals surface area (Å²) in [6.45, 7) is -0.139. The number of benzene rings is 2. The average molecular weight is 455 g/mol. The number of methoxy groups -OCH3 is 1. The van der Waals surface area contributed by atoms with Gasteiger partial charge in [-0.1, -0.05) is 36.4 Å². The van der Waals surface area contributed by atoms with Crippen molar-refractivity contribution in [1.29, 1.82) is 0 Å². The minimum atomic E-state index is -5.92. The van der Waals surface area contributed by atoms with Crippen LogP contribution < -0.4 is 4.74 Å². The van der Waals surface area contributed by atoms with Crippen LogP contribution in [0.4, 0.5) is 13.2 Å². The van der Waals surface area contributed by atoms with Gasteiger partial charge < -0.3 is 4.74 Å². The Balaban J connectivity index is 1.98. The van der Waals surface area contributed by atoms with Gasteiger partial charge in [0.2, 0.25) is 0 Å². The Bertz CT molecular complexity index is 1110. The van der Waals surface area contributed by atoms with Crippen LogP contribution in [0.3, 0.4) is 0 Å². The van der Waals surface area contributed by atoms with E-state index in [0.717, 1.165) is 17.1 Å². The fourth-order valence-electron chi connectivity index (χ4n) is 2.89. The number of hydrogen-bond acceptors (Lipinski definition) is 6. The first-order chi connectivity index (χ1) is 14.5. The van der Waals surface area contributed by atoms with E-state index in [9.17, 15) is 31.2 Å². The van der Waals surface area contributed by atoms with Gasteiger partial charge in [0.1, 0.15) is 11.9 Å². The number of hydrogen-bond donors (Lipinski definition) is 0. The number of carbonyl (C=O) groups is 2. The number of halogens is 3. The smallest absolute Gasteiger partial charge is 0.497 e. The quantitative estimate of drug-likeness (QED) is 0.362. The molecule has 2 amide bonds. The standard InChI is InChI=1S/C20H16F3NO6S/c1-29-16-7-5-14(6-8-16)19(30-31(27,28)20(21,22)23)15-4-2-3-13(11-15)12-24-17(25)9-10-18(24)26/h2-11,19H,12H2,1H3/t19-/m1/s1. The number of carbonyl (C=O) groups excluding carboxylic acids is 2. The highest BCUT2D eigenvalue weighted by molar-refractivity contribution is 7.87. The molecule has 1 aliphatic rings. The highest BCUT2D eigenvalue weighted by Gasteiger charge is 2.49. The van der Waals surface area contributed by atoms with Gasteiger partial charge in [-0.15, -0.1) is 0 Å². The molecule has 2 aromatic carbocycles. The number of imide groups is 1. The van der Waals surface area contributed by atoms with E-state index < -0.39 is 33.5 Å². The Labute approximate surface area is 175 Å². The molecule has 164 valence electrons. The molecule has 0 aliphatic carbocycles. The molecule has 0 radical (unpaired) electrons. The van der Waals surface area contributed by atoms with Crippen molar-refractivity contribution in [1.82, 2.24) is 4.90 Å². The molecule has 0 saturated carbocycles. The van der Waals surface area contributed by atoms with Gasteiger partial charge in [0.15, 0.2) is 0 Å². The molecule has 0 fully saturated rings. The molecule has 0 unspecified atom stereocenters. The fourth-order valence-corrected chi connectivity index (χ4v) is 3.47. The first kappa shape index (κ1) is 22.5. The Morgan fingerprint density at radius 1 is 0.968 bits per heavy atom. The second-order valence-corrected chi connectivity index (χ2v) is 8.05. The highest BCUT2D eigenvalue weighted by Crippen LogP contribution is 2.35. The zero-order valence-corrected chi connectivity index (χ0v) is 16.8. The van der Waals surface area contributed by atoms with E-state index in [1.807, 2.05) is 0 Å². The first-order valence-electron chi connectivity index (χ1n) is 8.78. The third-order valence-electron chi connectivity index (χ3n) is 4.42. The van der Waals surface area contributed by atoms with Gasteiger partial charge in [0.25, 0.3) is 11.8 Å². The monoisotopic (exact) mass is 455 g/mol. The van der Waals surface area contributed by atoms with E-state index in [4.69, 9.17) is 4.74 Å². The Kier molecular flexibility index (Phi) is 6.18. The minimum absolute atomic E-state index is 0.0857. The van der Waals surface area contributed by atoms with Crippen LogP contribution in [-0.2, 0) is 30.4 Å². The number of alkyl halides is 3. The molecule has 2 aromatic rings. The molecule has 11 heteroatoms. The Hall–Kier alpha value is -3.18. The first-order valence-corrected chi connectivity index (χ1v) is 10.2. The van der Waals surface area contributed by atoms with Crippen LogP contribution in [0.2, 0.25) is 0 Å². The summed E-state index contributed by atoms with van der Waals surface area (Å²) < 4.78 is 71.9. The zero-order chi connectivity index (χ0) is 22.8. The van der Waals surface area contributed by atoms with E-state index in [1.54, 1.807) is 6.07 Å². The van der Waals surface area contributed by atoms with Gasteiger partial charge >= 0.3 is 15.6 Å². The molecule has 0 N–H and O–H groups in total. The van der Waals surface area contributed by atoms with Gasteiger partial charge in [0, 0.05) is 12.2 Å². The summed E-state index contributed by atoms with van der Waals surface area (Å²) in [4.78, 5) is 24.5. The van der Waals surface area contributed by atoms with Gasteiger partial charge in [-0.2, -0.15) is 21.6 Å². The third-order valence-corrected chi connectivity index (χ3v) is 5.43. The molecular formula is C20H16F3NO6S. The van der Waals surface area contributed by atoms with Crippen molar-refractivity contribution in [2.75, 3.05) is 7.11 Å². The Morgan fingerprint density at radius 2 is 1.58 bits per heavy atom. The van der Waals surface area contributed by atoms with Crippen molar-refractivity contribution in [3.05, 3.63) is 77.4 Å². The molecule has 1 heterocycles. The van der Waals surface area contributed by atoms with Crippen LogP contribution in [-0.4, -0.2) is 37.8 Å². The fraction of sp³-hybridized carbons (Fsp3) is 0.200. The predicted molar refractivity (Wildman–Crippen MR) is 102 cm³/mol. The van der Waals surface area contributed by atoms with Crippen LogP contribution in [0.25, 0.3) is 0 Å². The van der Waals surface area contributed by atoms with E-state index in [2.05, 4.69) is 4.18 Å². The minimum Gasteiger partial charge on any atom is -0.497 e. The Morgan fingerprint density at radius 3 is 2.13 bits per heavy atom. The maximum Gasteiger partial charge on any atom is 0.523 e. The average Bonchev–Trinajstić information content (AvgIpc) is 3.03. The molecule has 0 bridgehead atoms. The molecule has 0 spiro atoms. The van der Waals surface area contributed by atoms with Crippen LogP contribution in [0.15, 0.2) is 60.7 Å². The van der Waals surface area contributed by atoms with Crippen molar-refractivity contribution in [2.24, 2.45) is 0 Å². The van der Waals surface area contributed by atoms with Gasteiger partial charge in [-0.3, -0.25) is 18.7 Å². The zero-order valence-electron chi connectivity index (χ0n) is 16.0. The van der Waals surface area contributed by atoms with Crippen LogP contribution >= 0.6 is 0 Å². The van der Waals surface area contributed by atoms with Crippen molar-refractivity contribution in [3.63, 3.8) is 0 Å². The summed E-state index contributed by atoms with van der Waals surface area (Å²) in [5.41, 5.74) is -5.01. The number of nitrogens with zero attached hydrogens (tertiary/aromatic N) is 1. The van der Waals surface area contributed by atoms with Crippen LogP contribution in [0.1, 0.15) is 22.8 Å². The molecule has 31 heavy (non-hydrogen) atoms. The molecule has 3 rings (SSSR count). The number of amides is 2. The van der Waals surface area contributed by atoms with Gasteiger partial charge in [-0.25, -0.2) is 0 Å². The molecular weight excluding hydrogens is 439 g/mol. The van der Waals surface area contributed by atoms with E-state index in [1.165, 1.54) is 49.6 Å². The van der Waals surface area contributed by atoms with Crippen LogP contribution in [0.5, 0.6) is 5.75 Å². The third kappa shape index (κ3) is 4.94. The van der Waals surface area contributed by atoms with Crippen LogP contribution in [0, 0.1) is 0 Å². The lowest BCUT2D eigenvalue weighted by Gasteiger charge is -2.21. The SMILES string of the molecule is COc1ccc([C@@H](OS(=O)(=O)C(F)(F)F)c2cccc(CN3C(=O)C=CC3=O)c2)cc1. The van der Waals surface area contributed by atoms with Crippen molar-refractivity contribution in [2.45, 2.75) is 18.2 Å². The summed E-state index contributed by atoms with van der Waals surface area (Å²) >= 11 is 0. The maximum atomic E-state index is 13.0. The predicted octanol–water partition coefficient (Wildman–Crippen LogP) is 3.08. The molecule has 7 nitrogen and oxygen atoms in total. The van der Waals surface area contributed by atoms with Crippen molar-refractivity contribution in [3.8, 4) is 5.75 Å². The lowest BCUT2D eigenvalue weighted by atomic mass is 9.99. The topological polar surface area (TPSA) is 90.0 Å². The maximum absolute atomic E-state index is 13.0. The summed E-state index contributed by atoms with van der Waals surface area (Å²) in [5, 5.41) is 0. The molecule has 0 saturated heterocycles. The lowest BCUT2D eigenvalue weighted by molar-refractivity contribution is -0.137. The van der Waals surface area contributed by atoms with Crippen molar-refractivity contribution >= 4 is 21.9 Å². The summed E-state index contributed by atoms with van der Waals surface area (Å²) in [6, 6.07) is 11.4. The second-order valence-electron chi connectivity index (χ2n) is 6.49. The molecule has 0 aromatic heterocycles. The summed E-state index contributed by atoms with van der Waals surface area (Å²) in [7, 11) is -4.52. The summed E-state index contributed by atoms with van der Waals surface area (Å²) in [5.74, 6) is -0.649. The normalized spacial score (nSPS) is 15.4. The van der Waals surface area contributed by atoms with E-state index >= 15 is 0 Å². The second kappa shape index (κ2) is 8.52.